The molecule has 0 aromatic rings. The second kappa shape index (κ2) is 4.04. The molecule has 0 saturated carbocycles. The minimum atomic E-state index is 0.196. The topological polar surface area (TPSA) is 20.3 Å². The Morgan fingerprint density at radius 2 is 2.25 bits per heavy atom. The molecule has 1 saturated heterocycles. The maximum absolute atomic E-state index is 11.7. The summed E-state index contributed by atoms with van der Waals surface area (Å²) in [5, 5.41) is 0. The van der Waals surface area contributed by atoms with Crippen molar-refractivity contribution < 1.29 is 4.79 Å². The molecule has 0 aliphatic carbocycles. The summed E-state index contributed by atoms with van der Waals surface area (Å²) in [6, 6.07) is 0.231. The van der Waals surface area contributed by atoms with Crippen LogP contribution in [0.3, 0.4) is 0 Å². The SMILES string of the molecule is CCN1CCCC1C(=O)C(C)C. The molecule has 1 aliphatic rings. The number of hydrogen-bond acceptors (Lipinski definition) is 2. The molecule has 0 radical (unpaired) electrons. The van der Waals surface area contributed by atoms with Gasteiger partial charge in [0.05, 0.1) is 6.04 Å². The van der Waals surface area contributed by atoms with Gasteiger partial charge in [-0.2, -0.15) is 0 Å². The van der Waals surface area contributed by atoms with Crippen LogP contribution in [0, 0.1) is 5.92 Å². The van der Waals surface area contributed by atoms with E-state index in [1.807, 2.05) is 13.8 Å². The summed E-state index contributed by atoms with van der Waals surface area (Å²) in [6.07, 6.45) is 2.27. The fourth-order valence-electron chi connectivity index (χ4n) is 1.91. The summed E-state index contributed by atoms with van der Waals surface area (Å²) in [6.45, 7) is 8.25. The maximum Gasteiger partial charge on any atom is 0.152 e. The molecule has 70 valence electrons. The molecule has 1 fully saturated rings. The van der Waals surface area contributed by atoms with Gasteiger partial charge in [-0.05, 0) is 25.9 Å². The zero-order chi connectivity index (χ0) is 9.14. The van der Waals surface area contributed by atoms with Crippen LogP contribution in [0.5, 0.6) is 0 Å². The largest absolute Gasteiger partial charge is 0.298 e. The maximum atomic E-state index is 11.7. The Bertz CT molecular complexity index is 165. The number of ketones is 1. The van der Waals surface area contributed by atoms with E-state index in [2.05, 4.69) is 11.8 Å². The third-order valence-corrected chi connectivity index (χ3v) is 2.67. The quantitative estimate of drug-likeness (QED) is 0.641. The fraction of sp³-hybridized carbons (Fsp3) is 0.900. The lowest BCUT2D eigenvalue weighted by atomic mass is 10.00. The highest BCUT2D eigenvalue weighted by molar-refractivity contribution is 5.85. The van der Waals surface area contributed by atoms with Crippen molar-refractivity contribution in [2.24, 2.45) is 5.92 Å². The molecule has 0 N–H and O–H groups in total. The molecule has 1 atom stereocenters. The smallest absolute Gasteiger partial charge is 0.152 e. The van der Waals surface area contributed by atoms with Crippen LogP contribution >= 0.6 is 0 Å². The van der Waals surface area contributed by atoms with Crippen molar-refractivity contribution >= 4 is 5.78 Å². The average molecular weight is 169 g/mol. The number of nitrogens with zero attached hydrogens (tertiary/aromatic N) is 1. The Morgan fingerprint density at radius 1 is 1.58 bits per heavy atom. The summed E-state index contributed by atoms with van der Waals surface area (Å²) in [7, 11) is 0. The van der Waals surface area contributed by atoms with Gasteiger partial charge in [0.25, 0.3) is 0 Å². The van der Waals surface area contributed by atoms with Crippen LogP contribution in [-0.4, -0.2) is 29.8 Å². The lowest BCUT2D eigenvalue weighted by molar-refractivity contribution is -0.126. The van der Waals surface area contributed by atoms with Crippen LogP contribution in [0.1, 0.15) is 33.6 Å². The van der Waals surface area contributed by atoms with E-state index in [0.29, 0.717) is 5.78 Å². The second-order valence-corrected chi connectivity index (χ2v) is 3.84. The number of rotatable bonds is 3. The van der Waals surface area contributed by atoms with Crippen molar-refractivity contribution in [3.8, 4) is 0 Å². The van der Waals surface area contributed by atoms with Crippen LogP contribution in [-0.2, 0) is 4.79 Å². The number of Topliss-reactive ketones (excluding diaryl/α,β-unsaturated/α-hetero) is 1. The van der Waals surface area contributed by atoms with Crippen molar-refractivity contribution in [2.75, 3.05) is 13.1 Å². The van der Waals surface area contributed by atoms with Gasteiger partial charge in [0.15, 0.2) is 5.78 Å². The van der Waals surface area contributed by atoms with E-state index in [9.17, 15) is 4.79 Å². The Morgan fingerprint density at radius 3 is 2.75 bits per heavy atom. The van der Waals surface area contributed by atoms with Gasteiger partial charge in [-0.25, -0.2) is 0 Å². The van der Waals surface area contributed by atoms with E-state index in [4.69, 9.17) is 0 Å². The Labute approximate surface area is 74.9 Å². The summed E-state index contributed by atoms with van der Waals surface area (Å²) in [4.78, 5) is 14.0. The van der Waals surface area contributed by atoms with Crippen LogP contribution in [0.25, 0.3) is 0 Å². The molecular weight excluding hydrogens is 150 g/mol. The normalized spacial score (nSPS) is 25.2. The monoisotopic (exact) mass is 169 g/mol. The first-order valence-corrected chi connectivity index (χ1v) is 4.94. The van der Waals surface area contributed by atoms with Gasteiger partial charge in [0.1, 0.15) is 0 Å². The van der Waals surface area contributed by atoms with Crippen LogP contribution in [0.15, 0.2) is 0 Å². The molecular formula is C10H19NO. The zero-order valence-corrected chi connectivity index (χ0v) is 8.34. The Hall–Kier alpha value is -0.370. The molecule has 1 rings (SSSR count). The van der Waals surface area contributed by atoms with E-state index in [1.54, 1.807) is 0 Å². The van der Waals surface area contributed by atoms with Crippen LogP contribution < -0.4 is 0 Å². The van der Waals surface area contributed by atoms with E-state index in [-0.39, 0.29) is 12.0 Å². The number of likely N-dealkylation sites (N-methyl/N-ethyl adjacent to an activating group) is 1. The first-order chi connectivity index (χ1) is 5.66. The van der Waals surface area contributed by atoms with Crippen molar-refractivity contribution in [1.29, 1.82) is 0 Å². The van der Waals surface area contributed by atoms with E-state index >= 15 is 0 Å². The number of likely N-dealkylation sites (tertiary alicyclic amines) is 1. The summed E-state index contributed by atoms with van der Waals surface area (Å²) in [5.74, 6) is 0.622. The van der Waals surface area contributed by atoms with Gasteiger partial charge >= 0.3 is 0 Å². The van der Waals surface area contributed by atoms with Gasteiger partial charge in [-0.15, -0.1) is 0 Å². The third kappa shape index (κ3) is 1.86. The number of carbonyl (C=O) groups excluding carboxylic acids is 1. The highest BCUT2D eigenvalue weighted by Gasteiger charge is 2.30. The van der Waals surface area contributed by atoms with Gasteiger partial charge < -0.3 is 0 Å². The van der Waals surface area contributed by atoms with E-state index in [0.717, 1.165) is 19.5 Å². The molecule has 2 heteroatoms. The highest BCUT2D eigenvalue weighted by Crippen LogP contribution is 2.19. The predicted octanol–water partition coefficient (Wildman–Crippen LogP) is 1.70. The lowest BCUT2D eigenvalue weighted by Crippen LogP contribution is -2.37. The Kier molecular flexibility index (Phi) is 3.27. The van der Waals surface area contributed by atoms with Crippen molar-refractivity contribution in [2.45, 2.75) is 39.7 Å². The summed E-state index contributed by atoms with van der Waals surface area (Å²) in [5.41, 5.74) is 0. The van der Waals surface area contributed by atoms with Crippen molar-refractivity contribution in [3.63, 3.8) is 0 Å². The van der Waals surface area contributed by atoms with Gasteiger partial charge in [-0.1, -0.05) is 20.8 Å². The van der Waals surface area contributed by atoms with Crippen molar-refractivity contribution in [3.05, 3.63) is 0 Å². The van der Waals surface area contributed by atoms with Gasteiger partial charge in [0, 0.05) is 5.92 Å². The highest BCUT2D eigenvalue weighted by atomic mass is 16.1. The van der Waals surface area contributed by atoms with E-state index < -0.39 is 0 Å². The molecule has 0 amide bonds. The number of carbonyl (C=O) groups is 1. The lowest BCUT2D eigenvalue weighted by Gasteiger charge is -2.22. The predicted molar refractivity (Wildman–Crippen MR) is 50.1 cm³/mol. The fourth-order valence-corrected chi connectivity index (χ4v) is 1.91. The first-order valence-electron chi connectivity index (χ1n) is 4.94. The van der Waals surface area contributed by atoms with Crippen LogP contribution in [0.2, 0.25) is 0 Å². The second-order valence-electron chi connectivity index (χ2n) is 3.84. The number of hydrogen-bond donors (Lipinski definition) is 0. The van der Waals surface area contributed by atoms with Crippen LogP contribution in [0.4, 0.5) is 0 Å². The first kappa shape index (κ1) is 9.72. The molecule has 0 bridgehead atoms. The Balaban J connectivity index is 2.55. The minimum Gasteiger partial charge on any atom is -0.298 e. The standard InChI is InChI=1S/C10H19NO/c1-4-11-7-5-6-9(11)10(12)8(2)3/h8-9H,4-7H2,1-3H3. The molecule has 1 unspecified atom stereocenters. The summed E-state index contributed by atoms with van der Waals surface area (Å²) >= 11 is 0. The molecule has 1 aliphatic heterocycles. The zero-order valence-electron chi connectivity index (χ0n) is 8.34. The van der Waals surface area contributed by atoms with Crippen molar-refractivity contribution in [1.82, 2.24) is 4.90 Å². The van der Waals surface area contributed by atoms with E-state index in [1.165, 1.54) is 6.42 Å². The molecule has 0 spiro atoms. The molecule has 2 nitrogen and oxygen atoms in total. The molecule has 12 heavy (non-hydrogen) atoms. The molecule has 1 heterocycles. The molecule has 0 aromatic carbocycles. The average Bonchev–Trinajstić information content (AvgIpc) is 2.49. The van der Waals surface area contributed by atoms with Gasteiger partial charge in [-0.3, -0.25) is 9.69 Å². The van der Waals surface area contributed by atoms with Gasteiger partial charge in [0.2, 0.25) is 0 Å². The third-order valence-electron chi connectivity index (χ3n) is 2.67. The summed E-state index contributed by atoms with van der Waals surface area (Å²) < 4.78 is 0. The molecule has 0 aromatic heterocycles. The minimum absolute atomic E-state index is 0.196.